The molecule has 0 bridgehead atoms. The zero-order valence-electron chi connectivity index (χ0n) is 10.0. The molecule has 3 rings (SSSR count). The molecule has 1 aliphatic rings. The van der Waals surface area contributed by atoms with Crippen molar-refractivity contribution in [1.82, 2.24) is 0 Å². The van der Waals surface area contributed by atoms with E-state index in [1.807, 2.05) is 55.5 Å². The lowest BCUT2D eigenvalue weighted by Gasteiger charge is -2.26. The van der Waals surface area contributed by atoms with Gasteiger partial charge in [-0.1, -0.05) is 36.4 Å². The van der Waals surface area contributed by atoms with Crippen LogP contribution in [0.15, 0.2) is 48.5 Å². The molecule has 1 N–H and O–H groups in total. The van der Waals surface area contributed by atoms with Gasteiger partial charge in [0, 0.05) is 5.56 Å². The fourth-order valence-electron chi connectivity index (χ4n) is 2.06. The Morgan fingerprint density at radius 2 is 1.89 bits per heavy atom. The van der Waals surface area contributed by atoms with E-state index in [1.165, 1.54) is 0 Å². The van der Waals surface area contributed by atoms with E-state index in [0.717, 1.165) is 22.6 Å². The average molecular weight is 239 g/mol. The maximum Gasteiger partial charge on any atom is 0.270 e. The quantitative estimate of drug-likeness (QED) is 0.830. The van der Waals surface area contributed by atoms with Gasteiger partial charge in [0.1, 0.15) is 5.75 Å². The minimum absolute atomic E-state index is 0.127. The van der Waals surface area contributed by atoms with Crippen molar-refractivity contribution in [3.63, 3.8) is 0 Å². The van der Waals surface area contributed by atoms with E-state index >= 15 is 0 Å². The predicted molar refractivity (Wildman–Crippen MR) is 69.6 cm³/mol. The topological polar surface area (TPSA) is 38.3 Å². The number of hydrogen-bond acceptors (Lipinski definition) is 2. The van der Waals surface area contributed by atoms with Crippen molar-refractivity contribution >= 4 is 11.6 Å². The van der Waals surface area contributed by atoms with Gasteiger partial charge in [0.2, 0.25) is 6.10 Å². The zero-order chi connectivity index (χ0) is 12.5. The minimum Gasteiger partial charge on any atom is -0.474 e. The fourth-order valence-corrected chi connectivity index (χ4v) is 2.06. The Labute approximate surface area is 105 Å². The monoisotopic (exact) mass is 239 g/mol. The van der Waals surface area contributed by atoms with Crippen LogP contribution in [0.2, 0.25) is 0 Å². The molecule has 1 heterocycles. The molecule has 0 aromatic heterocycles. The number of aryl methyl sites for hydroxylation is 1. The molecule has 1 atom stereocenters. The van der Waals surface area contributed by atoms with Gasteiger partial charge in [0.15, 0.2) is 0 Å². The summed E-state index contributed by atoms with van der Waals surface area (Å²) in [5, 5.41) is 2.87. The van der Waals surface area contributed by atoms with Crippen molar-refractivity contribution in [3.05, 3.63) is 59.7 Å². The highest BCUT2D eigenvalue weighted by Gasteiger charge is 2.28. The molecule has 1 unspecified atom stereocenters. The van der Waals surface area contributed by atoms with Crippen LogP contribution in [-0.2, 0) is 4.79 Å². The van der Waals surface area contributed by atoms with Gasteiger partial charge >= 0.3 is 0 Å². The normalized spacial score (nSPS) is 17.6. The van der Waals surface area contributed by atoms with Gasteiger partial charge in [-0.15, -0.1) is 0 Å². The Balaban J connectivity index is 1.99. The van der Waals surface area contributed by atoms with Crippen molar-refractivity contribution in [2.24, 2.45) is 0 Å². The summed E-state index contributed by atoms with van der Waals surface area (Å²) in [4.78, 5) is 12.0. The lowest BCUT2D eigenvalue weighted by atomic mass is 10.1. The van der Waals surface area contributed by atoms with Crippen LogP contribution >= 0.6 is 0 Å². The van der Waals surface area contributed by atoms with Crippen LogP contribution in [0.25, 0.3) is 0 Å². The number of nitrogens with one attached hydrogen (secondary N) is 1. The maximum absolute atomic E-state index is 12.0. The molecule has 18 heavy (non-hydrogen) atoms. The highest BCUT2D eigenvalue weighted by atomic mass is 16.5. The molecule has 90 valence electrons. The molecule has 2 aromatic carbocycles. The summed E-state index contributed by atoms with van der Waals surface area (Å²) in [6, 6.07) is 15.3. The molecular weight excluding hydrogens is 226 g/mol. The second kappa shape index (κ2) is 4.18. The summed E-state index contributed by atoms with van der Waals surface area (Å²) in [5.74, 6) is 0.598. The van der Waals surface area contributed by atoms with E-state index in [4.69, 9.17) is 4.74 Å². The van der Waals surface area contributed by atoms with Gasteiger partial charge in [0.05, 0.1) is 5.69 Å². The summed E-state index contributed by atoms with van der Waals surface area (Å²) < 4.78 is 5.80. The highest BCUT2D eigenvalue weighted by molar-refractivity contribution is 5.98. The lowest BCUT2D eigenvalue weighted by molar-refractivity contribution is -0.123. The summed E-state index contributed by atoms with van der Waals surface area (Å²) >= 11 is 0. The van der Waals surface area contributed by atoms with Crippen LogP contribution < -0.4 is 10.1 Å². The van der Waals surface area contributed by atoms with E-state index in [-0.39, 0.29) is 5.91 Å². The first-order chi connectivity index (χ1) is 8.74. The molecule has 0 aliphatic carbocycles. The SMILES string of the molecule is Cc1ccc2c(c1)OC(c1ccccc1)C(=O)N2. The summed E-state index contributed by atoms with van der Waals surface area (Å²) in [6.07, 6.45) is -0.569. The predicted octanol–water partition coefficient (Wildman–Crippen LogP) is 3.07. The number of rotatable bonds is 1. The largest absolute Gasteiger partial charge is 0.474 e. The molecule has 0 saturated carbocycles. The first-order valence-electron chi connectivity index (χ1n) is 5.87. The number of anilines is 1. The lowest BCUT2D eigenvalue weighted by Crippen LogP contribution is -2.30. The van der Waals surface area contributed by atoms with Gasteiger partial charge in [-0.05, 0) is 24.6 Å². The first-order valence-corrected chi connectivity index (χ1v) is 5.87. The summed E-state index contributed by atoms with van der Waals surface area (Å²) in [6.45, 7) is 2.00. The third-order valence-corrected chi connectivity index (χ3v) is 2.98. The van der Waals surface area contributed by atoms with Gasteiger partial charge in [-0.25, -0.2) is 0 Å². The molecule has 1 aliphatic heterocycles. The van der Waals surface area contributed by atoms with E-state index in [9.17, 15) is 4.79 Å². The van der Waals surface area contributed by atoms with Gasteiger partial charge < -0.3 is 10.1 Å². The van der Waals surface area contributed by atoms with E-state index in [2.05, 4.69) is 5.32 Å². The Kier molecular flexibility index (Phi) is 2.52. The Morgan fingerprint density at radius 1 is 1.11 bits per heavy atom. The Morgan fingerprint density at radius 3 is 2.67 bits per heavy atom. The number of hydrogen-bond donors (Lipinski definition) is 1. The van der Waals surface area contributed by atoms with Gasteiger partial charge in [0.25, 0.3) is 5.91 Å². The van der Waals surface area contributed by atoms with Crippen LogP contribution in [0, 0.1) is 6.92 Å². The maximum atomic E-state index is 12.0. The number of amides is 1. The third-order valence-electron chi connectivity index (χ3n) is 2.98. The molecule has 0 radical (unpaired) electrons. The molecule has 0 spiro atoms. The number of fused-ring (bicyclic) bond motifs is 1. The molecular formula is C15H13NO2. The van der Waals surface area contributed by atoms with Gasteiger partial charge in [-0.2, -0.15) is 0 Å². The number of carbonyl (C=O) groups excluding carboxylic acids is 1. The van der Waals surface area contributed by atoms with Crippen molar-refractivity contribution in [2.75, 3.05) is 5.32 Å². The van der Waals surface area contributed by atoms with Crippen molar-refractivity contribution in [1.29, 1.82) is 0 Å². The van der Waals surface area contributed by atoms with E-state index in [0.29, 0.717) is 0 Å². The number of carbonyl (C=O) groups is 1. The second-order valence-electron chi connectivity index (χ2n) is 4.40. The molecule has 2 aromatic rings. The summed E-state index contributed by atoms with van der Waals surface area (Å²) in [5.41, 5.74) is 2.71. The van der Waals surface area contributed by atoms with Crippen LogP contribution in [-0.4, -0.2) is 5.91 Å². The minimum atomic E-state index is -0.569. The molecule has 1 amide bonds. The molecule has 3 heteroatoms. The van der Waals surface area contributed by atoms with Crippen molar-refractivity contribution in [3.8, 4) is 5.75 Å². The second-order valence-corrected chi connectivity index (χ2v) is 4.40. The molecule has 3 nitrogen and oxygen atoms in total. The third kappa shape index (κ3) is 1.84. The van der Waals surface area contributed by atoms with Crippen molar-refractivity contribution < 1.29 is 9.53 Å². The van der Waals surface area contributed by atoms with Crippen LogP contribution in [0.3, 0.4) is 0 Å². The first kappa shape index (κ1) is 10.8. The van der Waals surface area contributed by atoms with E-state index in [1.54, 1.807) is 0 Å². The summed E-state index contributed by atoms with van der Waals surface area (Å²) in [7, 11) is 0. The van der Waals surface area contributed by atoms with Crippen LogP contribution in [0.4, 0.5) is 5.69 Å². The fraction of sp³-hybridized carbons (Fsp3) is 0.133. The van der Waals surface area contributed by atoms with Crippen molar-refractivity contribution in [2.45, 2.75) is 13.0 Å². The Bertz CT molecular complexity index is 593. The van der Waals surface area contributed by atoms with Crippen LogP contribution in [0.1, 0.15) is 17.2 Å². The van der Waals surface area contributed by atoms with Crippen LogP contribution in [0.5, 0.6) is 5.75 Å². The highest BCUT2D eigenvalue weighted by Crippen LogP contribution is 2.35. The van der Waals surface area contributed by atoms with E-state index < -0.39 is 6.10 Å². The smallest absolute Gasteiger partial charge is 0.270 e. The average Bonchev–Trinajstić information content (AvgIpc) is 2.39. The number of benzene rings is 2. The standard InChI is InChI=1S/C15H13NO2/c1-10-7-8-12-13(9-10)18-14(15(17)16-12)11-5-3-2-4-6-11/h2-9,14H,1H3,(H,16,17). The zero-order valence-corrected chi connectivity index (χ0v) is 10.0. The molecule has 0 fully saturated rings. The number of ether oxygens (including phenoxy) is 1. The molecule has 0 saturated heterocycles. The van der Waals surface area contributed by atoms with Gasteiger partial charge in [-0.3, -0.25) is 4.79 Å². The Hall–Kier alpha value is -2.29.